The number of carbonyl (C=O) groups is 1. The van der Waals surface area contributed by atoms with Crippen LogP contribution < -0.4 is 0 Å². The van der Waals surface area contributed by atoms with Crippen LogP contribution in [-0.4, -0.2) is 43.6 Å². The Hall–Kier alpha value is -2.76. The Labute approximate surface area is 152 Å². The zero-order valence-electron chi connectivity index (χ0n) is 15.0. The number of aromatic nitrogens is 4. The van der Waals surface area contributed by atoms with Crippen molar-refractivity contribution in [2.45, 2.75) is 38.6 Å². The largest absolute Gasteiger partial charge is 0.342 e. The molecular formula is C20H23N5O. The molecule has 0 unspecified atom stereocenters. The second-order valence-corrected chi connectivity index (χ2v) is 6.94. The number of amides is 1. The van der Waals surface area contributed by atoms with Gasteiger partial charge in [0, 0.05) is 43.2 Å². The normalized spacial score (nSPS) is 17.6. The van der Waals surface area contributed by atoms with Crippen LogP contribution in [0, 0.1) is 6.92 Å². The second kappa shape index (κ2) is 7.23. The number of piperidine rings is 1. The van der Waals surface area contributed by atoms with Gasteiger partial charge in [-0.2, -0.15) is 5.10 Å². The number of fused-ring (bicyclic) bond motifs is 1. The van der Waals surface area contributed by atoms with E-state index in [2.05, 4.69) is 15.1 Å². The predicted molar refractivity (Wildman–Crippen MR) is 99.7 cm³/mol. The smallest absolute Gasteiger partial charge is 0.224 e. The van der Waals surface area contributed by atoms with Crippen molar-refractivity contribution in [3.8, 4) is 0 Å². The fraction of sp³-hybridized carbons (Fsp3) is 0.400. The number of benzene rings is 1. The summed E-state index contributed by atoms with van der Waals surface area (Å²) in [6, 6.07) is 8.08. The summed E-state index contributed by atoms with van der Waals surface area (Å²) in [6.45, 7) is 4.12. The molecule has 1 atom stereocenters. The van der Waals surface area contributed by atoms with Gasteiger partial charge in [-0.1, -0.05) is 18.2 Å². The molecule has 0 N–H and O–H groups in total. The van der Waals surface area contributed by atoms with Crippen molar-refractivity contribution in [1.82, 2.24) is 24.6 Å². The third kappa shape index (κ3) is 3.45. The maximum atomic E-state index is 12.7. The first-order valence-electron chi connectivity index (χ1n) is 9.17. The molecule has 3 aromatic rings. The van der Waals surface area contributed by atoms with E-state index >= 15 is 0 Å². The highest BCUT2D eigenvalue weighted by Gasteiger charge is 2.25. The first-order valence-corrected chi connectivity index (χ1v) is 9.17. The summed E-state index contributed by atoms with van der Waals surface area (Å²) >= 11 is 0. The Balaban J connectivity index is 1.40. The number of hydrogen-bond donors (Lipinski definition) is 0. The first kappa shape index (κ1) is 16.7. The summed E-state index contributed by atoms with van der Waals surface area (Å²) in [5, 5.41) is 5.52. The van der Waals surface area contributed by atoms with Crippen LogP contribution in [0.1, 0.15) is 36.6 Å². The van der Waals surface area contributed by atoms with Crippen LogP contribution in [0.4, 0.5) is 0 Å². The number of carbonyl (C=O) groups excluding carboxylic acids is 1. The van der Waals surface area contributed by atoms with Crippen molar-refractivity contribution >= 4 is 16.8 Å². The molecule has 6 nitrogen and oxygen atoms in total. The van der Waals surface area contributed by atoms with Gasteiger partial charge >= 0.3 is 0 Å². The average Bonchev–Trinajstić information content (AvgIpc) is 3.09. The highest BCUT2D eigenvalue weighted by Crippen LogP contribution is 2.25. The van der Waals surface area contributed by atoms with Crippen LogP contribution in [0.3, 0.4) is 0 Å². The summed E-state index contributed by atoms with van der Waals surface area (Å²) in [7, 11) is 0. The van der Waals surface area contributed by atoms with Crippen molar-refractivity contribution in [3.63, 3.8) is 0 Å². The SMILES string of the molecule is Cc1cncc([C@@H]2CCCN(C(=O)CCn3ncc4ccccc43)C2)n1. The van der Waals surface area contributed by atoms with Crippen molar-refractivity contribution < 1.29 is 4.79 Å². The lowest BCUT2D eigenvalue weighted by atomic mass is 9.94. The fourth-order valence-electron chi connectivity index (χ4n) is 3.69. The van der Waals surface area contributed by atoms with Gasteiger partial charge in [0.2, 0.25) is 5.91 Å². The zero-order valence-corrected chi connectivity index (χ0v) is 15.0. The summed E-state index contributed by atoms with van der Waals surface area (Å²) in [6.07, 6.45) is 8.00. The lowest BCUT2D eigenvalue weighted by Crippen LogP contribution is -2.39. The molecule has 0 radical (unpaired) electrons. The van der Waals surface area contributed by atoms with E-state index in [4.69, 9.17) is 0 Å². The Bertz CT molecular complexity index is 919. The molecule has 1 amide bonds. The lowest BCUT2D eigenvalue weighted by Gasteiger charge is -2.32. The molecule has 0 spiro atoms. The minimum Gasteiger partial charge on any atom is -0.342 e. The minimum atomic E-state index is 0.190. The van der Waals surface area contributed by atoms with Gasteiger partial charge < -0.3 is 4.90 Å². The molecule has 1 aliphatic rings. The molecule has 1 aliphatic heterocycles. The summed E-state index contributed by atoms with van der Waals surface area (Å²) in [5.74, 6) is 0.473. The molecule has 3 heterocycles. The van der Waals surface area contributed by atoms with Crippen LogP contribution in [0.25, 0.3) is 10.9 Å². The quantitative estimate of drug-likeness (QED) is 0.726. The summed E-state index contributed by atoms with van der Waals surface area (Å²) in [5.41, 5.74) is 3.00. The first-order chi connectivity index (χ1) is 12.7. The van der Waals surface area contributed by atoms with E-state index in [1.807, 2.05) is 53.2 Å². The molecule has 0 aliphatic carbocycles. The van der Waals surface area contributed by atoms with Gasteiger partial charge in [-0.05, 0) is 25.8 Å². The van der Waals surface area contributed by atoms with Crippen LogP contribution >= 0.6 is 0 Å². The van der Waals surface area contributed by atoms with E-state index in [-0.39, 0.29) is 11.8 Å². The molecule has 134 valence electrons. The van der Waals surface area contributed by atoms with E-state index in [0.29, 0.717) is 13.0 Å². The number of likely N-dealkylation sites (tertiary alicyclic amines) is 1. The molecule has 1 fully saturated rings. The van der Waals surface area contributed by atoms with Gasteiger partial charge in [0.15, 0.2) is 0 Å². The Morgan fingerprint density at radius 2 is 2.12 bits per heavy atom. The van der Waals surface area contributed by atoms with Gasteiger partial charge in [0.1, 0.15) is 0 Å². The van der Waals surface area contributed by atoms with E-state index in [1.54, 1.807) is 6.20 Å². The minimum absolute atomic E-state index is 0.190. The van der Waals surface area contributed by atoms with Gasteiger partial charge in [0.25, 0.3) is 0 Å². The van der Waals surface area contributed by atoms with Crippen molar-refractivity contribution in [2.24, 2.45) is 0 Å². The molecule has 26 heavy (non-hydrogen) atoms. The van der Waals surface area contributed by atoms with Crippen LogP contribution in [0.15, 0.2) is 42.9 Å². The van der Waals surface area contributed by atoms with Crippen molar-refractivity contribution in [3.05, 3.63) is 54.2 Å². The average molecular weight is 349 g/mol. The van der Waals surface area contributed by atoms with Gasteiger partial charge in [-0.25, -0.2) is 0 Å². The molecule has 6 heteroatoms. The molecule has 0 saturated carbocycles. The third-order valence-electron chi connectivity index (χ3n) is 5.05. The summed E-state index contributed by atoms with van der Waals surface area (Å²) in [4.78, 5) is 23.5. The van der Waals surface area contributed by atoms with Gasteiger partial charge in [0.05, 0.1) is 29.6 Å². The van der Waals surface area contributed by atoms with Gasteiger partial charge in [-0.15, -0.1) is 0 Å². The Kier molecular flexibility index (Phi) is 4.65. The van der Waals surface area contributed by atoms with Gasteiger partial charge in [-0.3, -0.25) is 19.4 Å². The third-order valence-corrected chi connectivity index (χ3v) is 5.05. The van der Waals surface area contributed by atoms with Crippen molar-refractivity contribution in [2.75, 3.05) is 13.1 Å². The number of rotatable bonds is 4. The lowest BCUT2D eigenvalue weighted by molar-refractivity contribution is -0.132. The topological polar surface area (TPSA) is 63.9 Å². The zero-order chi connectivity index (χ0) is 17.9. The fourth-order valence-corrected chi connectivity index (χ4v) is 3.69. The van der Waals surface area contributed by atoms with E-state index in [0.717, 1.165) is 48.2 Å². The molecule has 2 aromatic heterocycles. The highest BCUT2D eigenvalue weighted by molar-refractivity contribution is 5.79. The Morgan fingerprint density at radius 3 is 3.00 bits per heavy atom. The maximum Gasteiger partial charge on any atom is 0.224 e. The molecular weight excluding hydrogens is 326 g/mol. The van der Waals surface area contributed by atoms with Crippen LogP contribution in [-0.2, 0) is 11.3 Å². The maximum absolute atomic E-state index is 12.7. The van der Waals surface area contributed by atoms with Crippen LogP contribution in [0.5, 0.6) is 0 Å². The van der Waals surface area contributed by atoms with E-state index < -0.39 is 0 Å². The Morgan fingerprint density at radius 1 is 1.23 bits per heavy atom. The highest BCUT2D eigenvalue weighted by atomic mass is 16.2. The number of aryl methyl sites for hydroxylation is 2. The standard InChI is InChI=1S/C20H23N5O/c1-15-11-21-13-18(23-15)17-6-4-9-24(14-17)20(26)8-10-25-19-7-3-2-5-16(19)12-22-25/h2-3,5,7,11-13,17H,4,6,8-10,14H2,1H3/t17-/m1/s1. The van der Waals surface area contributed by atoms with E-state index in [9.17, 15) is 4.79 Å². The molecule has 1 aromatic carbocycles. The second-order valence-electron chi connectivity index (χ2n) is 6.94. The number of para-hydroxylation sites is 1. The van der Waals surface area contributed by atoms with Crippen molar-refractivity contribution in [1.29, 1.82) is 0 Å². The molecule has 0 bridgehead atoms. The predicted octanol–water partition coefficient (Wildman–Crippen LogP) is 2.93. The van der Waals surface area contributed by atoms with E-state index in [1.165, 1.54) is 0 Å². The molecule has 4 rings (SSSR count). The monoisotopic (exact) mass is 349 g/mol. The number of hydrogen-bond acceptors (Lipinski definition) is 4. The van der Waals surface area contributed by atoms with Crippen LogP contribution in [0.2, 0.25) is 0 Å². The summed E-state index contributed by atoms with van der Waals surface area (Å²) < 4.78 is 1.92. The number of nitrogens with zero attached hydrogens (tertiary/aromatic N) is 5. The molecule has 1 saturated heterocycles.